The third-order valence-corrected chi connectivity index (χ3v) is 3.43. The number of halogens is 1. The molecule has 132 valence electrons. The maximum absolute atomic E-state index is 13.0. The summed E-state index contributed by atoms with van der Waals surface area (Å²) >= 11 is 0. The summed E-state index contributed by atoms with van der Waals surface area (Å²) in [6.07, 6.45) is 1.17. The molecule has 0 aliphatic rings. The van der Waals surface area contributed by atoms with Crippen LogP contribution >= 0.6 is 0 Å². The highest BCUT2D eigenvalue weighted by Crippen LogP contribution is 2.23. The van der Waals surface area contributed by atoms with Gasteiger partial charge in [-0.1, -0.05) is 12.1 Å². The smallest absolute Gasteiger partial charge is 0.312 e. The summed E-state index contributed by atoms with van der Waals surface area (Å²) in [6, 6.07) is 5.02. The first-order chi connectivity index (χ1) is 12.0. The number of methoxy groups -OCH3 is 2. The monoisotopic (exact) mass is 349 g/mol. The third kappa shape index (κ3) is 4.19. The van der Waals surface area contributed by atoms with Gasteiger partial charge in [0.2, 0.25) is 11.8 Å². The van der Waals surface area contributed by atoms with Crippen LogP contribution in [0.1, 0.15) is 21.8 Å². The number of carboxylic acid groups (broad SMARTS) is 1. The zero-order valence-electron chi connectivity index (χ0n) is 13.5. The SMILES string of the molecule is COc1ncnc(OC)c1C(=O)NCC(C(=O)O)c1ccc(F)cc1. The molecule has 0 spiro atoms. The van der Waals surface area contributed by atoms with Gasteiger partial charge in [-0.05, 0) is 17.7 Å². The molecule has 1 amide bonds. The first-order valence-electron chi connectivity index (χ1n) is 7.17. The Kier molecular flexibility index (Phi) is 5.83. The molecule has 1 aromatic heterocycles. The molecule has 0 fully saturated rings. The number of carbonyl (C=O) groups excluding carboxylic acids is 1. The summed E-state index contributed by atoms with van der Waals surface area (Å²) in [6.45, 7) is -0.221. The second-order valence-electron chi connectivity index (χ2n) is 4.92. The normalized spacial score (nSPS) is 11.5. The molecule has 8 nitrogen and oxygen atoms in total. The first-order valence-corrected chi connectivity index (χ1v) is 7.17. The van der Waals surface area contributed by atoms with E-state index in [1.54, 1.807) is 0 Å². The van der Waals surface area contributed by atoms with E-state index < -0.39 is 23.6 Å². The van der Waals surface area contributed by atoms with Crippen molar-refractivity contribution in [1.29, 1.82) is 0 Å². The van der Waals surface area contributed by atoms with Crippen LogP contribution in [0.15, 0.2) is 30.6 Å². The highest BCUT2D eigenvalue weighted by atomic mass is 19.1. The van der Waals surface area contributed by atoms with Crippen molar-refractivity contribution in [3.05, 3.63) is 47.5 Å². The van der Waals surface area contributed by atoms with E-state index in [2.05, 4.69) is 15.3 Å². The highest BCUT2D eigenvalue weighted by molar-refractivity contribution is 5.98. The van der Waals surface area contributed by atoms with E-state index >= 15 is 0 Å². The number of ether oxygens (including phenoxy) is 2. The molecule has 0 saturated heterocycles. The predicted octanol–water partition coefficient (Wildman–Crippen LogP) is 1.23. The van der Waals surface area contributed by atoms with Crippen molar-refractivity contribution in [3.63, 3.8) is 0 Å². The van der Waals surface area contributed by atoms with Crippen LogP contribution < -0.4 is 14.8 Å². The van der Waals surface area contributed by atoms with Crippen LogP contribution in [0.4, 0.5) is 4.39 Å². The molecule has 0 saturated carbocycles. The molecule has 1 unspecified atom stereocenters. The number of nitrogens with one attached hydrogen (secondary N) is 1. The lowest BCUT2D eigenvalue weighted by molar-refractivity contribution is -0.138. The number of carboxylic acids is 1. The summed E-state index contributed by atoms with van der Waals surface area (Å²) in [5, 5.41) is 11.9. The Balaban J connectivity index is 2.20. The zero-order valence-corrected chi connectivity index (χ0v) is 13.5. The third-order valence-electron chi connectivity index (χ3n) is 3.43. The summed E-state index contributed by atoms with van der Waals surface area (Å²) in [5.74, 6) is -3.34. The van der Waals surface area contributed by atoms with Gasteiger partial charge < -0.3 is 19.9 Å². The van der Waals surface area contributed by atoms with Gasteiger partial charge in [-0.3, -0.25) is 9.59 Å². The van der Waals surface area contributed by atoms with Crippen LogP contribution in [0.5, 0.6) is 11.8 Å². The number of carbonyl (C=O) groups is 2. The van der Waals surface area contributed by atoms with Gasteiger partial charge in [0.1, 0.15) is 12.1 Å². The van der Waals surface area contributed by atoms with Gasteiger partial charge in [-0.15, -0.1) is 0 Å². The molecule has 1 heterocycles. The van der Waals surface area contributed by atoms with Gasteiger partial charge in [-0.25, -0.2) is 14.4 Å². The Morgan fingerprint density at radius 1 is 1.16 bits per heavy atom. The predicted molar refractivity (Wildman–Crippen MR) is 84.2 cm³/mol. The van der Waals surface area contributed by atoms with E-state index in [0.29, 0.717) is 5.56 Å². The van der Waals surface area contributed by atoms with Crippen molar-refractivity contribution >= 4 is 11.9 Å². The van der Waals surface area contributed by atoms with Crippen LogP contribution in [0.2, 0.25) is 0 Å². The lowest BCUT2D eigenvalue weighted by Crippen LogP contribution is -2.32. The average molecular weight is 349 g/mol. The molecular weight excluding hydrogens is 333 g/mol. The summed E-state index contributed by atoms with van der Waals surface area (Å²) < 4.78 is 23.0. The van der Waals surface area contributed by atoms with Gasteiger partial charge >= 0.3 is 5.97 Å². The largest absolute Gasteiger partial charge is 0.481 e. The number of benzene rings is 1. The lowest BCUT2D eigenvalue weighted by atomic mass is 9.99. The summed E-state index contributed by atoms with van der Waals surface area (Å²) in [7, 11) is 2.66. The Morgan fingerprint density at radius 3 is 2.20 bits per heavy atom. The fraction of sp³-hybridized carbons (Fsp3) is 0.250. The number of rotatable bonds is 7. The van der Waals surface area contributed by atoms with Crippen molar-refractivity contribution < 1.29 is 28.6 Å². The number of amides is 1. The number of hydrogen-bond donors (Lipinski definition) is 2. The molecule has 0 bridgehead atoms. The Morgan fingerprint density at radius 2 is 1.72 bits per heavy atom. The number of hydrogen-bond acceptors (Lipinski definition) is 6. The molecule has 0 radical (unpaired) electrons. The number of aliphatic carboxylic acids is 1. The van der Waals surface area contributed by atoms with Gasteiger partial charge in [0, 0.05) is 6.54 Å². The molecule has 2 N–H and O–H groups in total. The molecule has 1 atom stereocenters. The first kappa shape index (κ1) is 18.1. The standard InChI is InChI=1S/C16H16FN3O5/c1-24-14-12(15(25-2)20-8-19-14)13(21)18-7-11(16(22)23)9-3-5-10(17)6-4-9/h3-6,8,11H,7H2,1-2H3,(H,18,21)(H,22,23). The lowest BCUT2D eigenvalue weighted by Gasteiger charge is -2.15. The molecule has 2 rings (SSSR count). The molecule has 9 heteroatoms. The van der Waals surface area contributed by atoms with Crippen molar-refractivity contribution in [2.45, 2.75) is 5.92 Å². The highest BCUT2D eigenvalue weighted by Gasteiger charge is 2.25. The van der Waals surface area contributed by atoms with Gasteiger partial charge in [0.05, 0.1) is 20.1 Å². The Bertz CT molecular complexity index is 745. The molecule has 1 aromatic carbocycles. The van der Waals surface area contributed by atoms with E-state index in [4.69, 9.17) is 9.47 Å². The Hall–Kier alpha value is -3.23. The van der Waals surface area contributed by atoms with Gasteiger partial charge in [0.15, 0.2) is 5.56 Å². The summed E-state index contributed by atoms with van der Waals surface area (Å²) in [4.78, 5) is 31.5. The van der Waals surface area contributed by atoms with Gasteiger partial charge in [-0.2, -0.15) is 0 Å². The minimum atomic E-state index is -1.16. The fourth-order valence-electron chi connectivity index (χ4n) is 2.18. The Labute approximate surface area is 142 Å². The molecular formula is C16H16FN3O5. The minimum Gasteiger partial charge on any atom is -0.481 e. The van der Waals surface area contributed by atoms with E-state index in [0.717, 1.165) is 12.1 Å². The maximum Gasteiger partial charge on any atom is 0.312 e. The molecule has 25 heavy (non-hydrogen) atoms. The second-order valence-corrected chi connectivity index (χ2v) is 4.92. The van der Waals surface area contributed by atoms with Crippen LogP contribution in [0, 0.1) is 5.82 Å². The van der Waals surface area contributed by atoms with Crippen LogP contribution in [0.25, 0.3) is 0 Å². The van der Waals surface area contributed by atoms with Crippen molar-refractivity contribution in [2.75, 3.05) is 20.8 Å². The number of aromatic nitrogens is 2. The van der Waals surface area contributed by atoms with E-state index in [1.807, 2.05) is 0 Å². The zero-order chi connectivity index (χ0) is 18.4. The molecule has 0 aliphatic carbocycles. The van der Waals surface area contributed by atoms with Crippen LogP contribution in [0.3, 0.4) is 0 Å². The van der Waals surface area contributed by atoms with E-state index in [-0.39, 0.29) is 23.9 Å². The molecule has 0 aliphatic heterocycles. The van der Waals surface area contributed by atoms with E-state index in [1.165, 1.54) is 32.7 Å². The fourth-order valence-corrected chi connectivity index (χ4v) is 2.18. The van der Waals surface area contributed by atoms with Crippen molar-refractivity contribution in [3.8, 4) is 11.8 Å². The topological polar surface area (TPSA) is 111 Å². The van der Waals surface area contributed by atoms with Crippen LogP contribution in [-0.2, 0) is 4.79 Å². The quantitative estimate of drug-likeness (QED) is 0.773. The van der Waals surface area contributed by atoms with Crippen LogP contribution in [-0.4, -0.2) is 47.7 Å². The molecule has 2 aromatic rings. The second kappa shape index (κ2) is 8.04. The maximum atomic E-state index is 13.0. The van der Waals surface area contributed by atoms with Crippen molar-refractivity contribution in [1.82, 2.24) is 15.3 Å². The van der Waals surface area contributed by atoms with Crippen molar-refractivity contribution in [2.24, 2.45) is 0 Å². The number of nitrogens with zero attached hydrogens (tertiary/aromatic N) is 2. The van der Waals surface area contributed by atoms with E-state index in [9.17, 15) is 19.1 Å². The average Bonchev–Trinajstić information content (AvgIpc) is 2.62. The minimum absolute atomic E-state index is 0.00185. The van der Waals surface area contributed by atoms with Gasteiger partial charge in [0.25, 0.3) is 5.91 Å². The summed E-state index contributed by atoms with van der Waals surface area (Å²) in [5.41, 5.74) is 0.313.